The van der Waals surface area contributed by atoms with Gasteiger partial charge in [0.05, 0.1) is 5.69 Å². The highest BCUT2D eigenvalue weighted by molar-refractivity contribution is 5.81. The van der Waals surface area contributed by atoms with Crippen LogP contribution in [0.2, 0.25) is 0 Å². The molecule has 1 N–H and O–H groups in total. The lowest BCUT2D eigenvalue weighted by molar-refractivity contribution is -0.128. The minimum Gasteiger partial charge on any atom is -0.463 e. The van der Waals surface area contributed by atoms with Crippen LogP contribution in [0.15, 0.2) is 65.5 Å². The van der Waals surface area contributed by atoms with Crippen molar-refractivity contribution >= 4 is 5.91 Å². The SMILES string of the molecule is CC[C@@H](Oc1ccc(=O)n(-c2ccc(F)cc2)n1)C(=O)NCc1ccc(C)cc1. The first kappa shape index (κ1) is 20.3. The molecule has 0 radical (unpaired) electrons. The molecule has 0 aliphatic heterocycles. The van der Waals surface area contributed by atoms with Gasteiger partial charge in [-0.1, -0.05) is 36.8 Å². The minimum atomic E-state index is -0.757. The van der Waals surface area contributed by atoms with Gasteiger partial charge in [0.25, 0.3) is 11.5 Å². The van der Waals surface area contributed by atoms with Crippen LogP contribution in [0.25, 0.3) is 5.69 Å². The van der Waals surface area contributed by atoms with Crippen LogP contribution in [0.4, 0.5) is 4.39 Å². The van der Waals surface area contributed by atoms with Crippen LogP contribution < -0.4 is 15.6 Å². The summed E-state index contributed by atoms with van der Waals surface area (Å²) in [6.07, 6.45) is -0.330. The molecule has 1 amide bonds. The van der Waals surface area contributed by atoms with E-state index in [1.54, 1.807) is 0 Å². The summed E-state index contributed by atoms with van der Waals surface area (Å²) in [7, 11) is 0. The first-order chi connectivity index (χ1) is 14.0. The lowest BCUT2D eigenvalue weighted by Gasteiger charge is -2.17. The van der Waals surface area contributed by atoms with E-state index in [2.05, 4.69) is 10.4 Å². The smallest absolute Gasteiger partial charge is 0.271 e. The second-order valence-electron chi connectivity index (χ2n) is 6.62. The Morgan fingerprint density at radius 3 is 2.45 bits per heavy atom. The number of carbonyl (C=O) groups is 1. The quantitative estimate of drug-likeness (QED) is 0.667. The standard InChI is InChI=1S/C22H22FN3O3/c1-3-19(22(28)24-14-16-6-4-15(2)5-7-16)29-20-12-13-21(27)26(25-20)18-10-8-17(23)9-11-18/h4-13,19H,3,14H2,1-2H3,(H,24,28)/t19-/m1/s1. The monoisotopic (exact) mass is 395 g/mol. The highest BCUT2D eigenvalue weighted by Gasteiger charge is 2.19. The first-order valence-corrected chi connectivity index (χ1v) is 9.32. The van der Waals surface area contributed by atoms with Gasteiger partial charge in [-0.25, -0.2) is 4.39 Å². The fourth-order valence-corrected chi connectivity index (χ4v) is 2.70. The number of aromatic nitrogens is 2. The van der Waals surface area contributed by atoms with Crippen LogP contribution in [0, 0.1) is 12.7 Å². The van der Waals surface area contributed by atoms with Gasteiger partial charge in [-0.3, -0.25) is 9.59 Å². The van der Waals surface area contributed by atoms with E-state index in [9.17, 15) is 14.0 Å². The molecule has 0 fully saturated rings. The Bertz CT molecular complexity index is 1030. The third kappa shape index (κ3) is 5.28. The number of nitrogens with one attached hydrogen (secondary N) is 1. The van der Waals surface area contributed by atoms with Crippen molar-refractivity contribution in [2.75, 3.05) is 0 Å². The fourth-order valence-electron chi connectivity index (χ4n) is 2.70. The first-order valence-electron chi connectivity index (χ1n) is 9.32. The number of aryl methyl sites for hydroxylation is 1. The van der Waals surface area contributed by atoms with Crippen molar-refractivity contribution in [1.29, 1.82) is 0 Å². The summed E-state index contributed by atoms with van der Waals surface area (Å²) < 4.78 is 19.9. The van der Waals surface area contributed by atoms with Gasteiger partial charge in [0.15, 0.2) is 6.10 Å². The molecule has 0 bridgehead atoms. The highest BCUT2D eigenvalue weighted by Crippen LogP contribution is 2.12. The Labute approximate surface area is 168 Å². The zero-order chi connectivity index (χ0) is 20.8. The molecule has 3 rings (SSSR count). The Hall–Kier alpha value is -3.48. The molecule has 2 aromatic carbocycles. The van der Waals surface area contributed by atoms with Gasteiger partial charge >= 0.3 is 0 Å². The maximum atomic E-state index is 13.1. The highest BCUT2D eigenvalue weighted by atomic mass is 19.1. The molecule has 1 heterocycles. The van der Waals surface area contributed by atoms with Gasteiger partial charge in [0, 0.05) is 18.7 Å². The van der Waals surface area contributed by atoms with Gasteiger partial charge in [0.2, 0.25) is 5.88 Å². The Morgan fingerprint density at radius 1 is 1.10 bits per heavy atom. The summed E-state index contributed by atoms with van der Waals surface area (Å²) in [6.45, 7) is 4.22. The van der Waals surface area contributed by atoms with E-state index >= 15 is 0 Å². The molecule has 0 saturated carbocycles. The van der Waals surface area contributed by atoms with Crippen LogP contribution in [0.5, 0.6) is 5.88 Å². The average Bonchev–Trinajstić information content (AvgIpc) is 2.73. The van der Waals surface area contributed by atoms with E-state index in [1.807, 2.05) is 38.1 Å². The van der Waals surface area contributed by atoms with E-state index in [-0.39, 0.29) is 17.3 Å². The maximum Gasteiger partial charge on any atom is 0.271 e. The molecular formula is C22H22FN3O3. The normalized spacial score (nSPS) is 11.7. The average molecular weight is 395 g/mol. The topological polar surface area (TPSA) is 73.2 Å². The Kier molecular flexibility index (Phi) is 6.39. The minimum absolute atomic E-state index is 0.131. The van der Waals surface area contributed by atoms with Crippen molar-refractivity contribution in [3.8, 4) is 11.6 Å². The number of amides is 1. The lowest BCUT2D eigenvalue weighted by atomic mass is 10.1. The molecule has 6 nitrogen and oxygen atoms in total. The van der Waals surface area contributed by atoms with Gasteiger partial charge in [-0.15, -0.1) is 5.10 Å². The molecule has 0 spiro atoms. The van der Waals surface area contributed by atoms with Crippen molar-refractivity contribution in [3.05, 3.63) is 88.0 Å². The molecule has 0 aliphatic rings. The summed E-state index contributed by atoms with van der Waals surface area (Å²) in [6, 6.07) is 16.0. The summed E-state index contributed by atoms with van der Waals surface area (Å²) in [5.41, 5.74) is 2.15. The summed E-state index contributed by atoms with van der Waals surface area (Å²) >= 11 is 0. The molecular weight excluding hydrogens is 373 g/mol. The van der Waals surface area contributed by atoms with E-state index in [0.717, 1.165) is 15.8 Å². The van der Waals surface area contributed by atoms with Crippen LogP contribution in [0.3, 0.4) is 0 Å². The number of halogens is 1. The molecule has 1 aromatic heterocycles. The second kappa shape index (κ2) is 9.14. The zero-order valence-electron chi connectivity index (χ0n) is 16.3. The summed E-state index contributed by atoms with van der Waals surface area (Å²) in [5.74, 6) is -0.550. The van der Waals surface area contributed by atoms with E-state index in [4.69, 9.17) is 4.74 Å². The van der Waals surface area contributed by atoms with Gasteiger partial charge in [-0.2, -0.15) is 4.68 Å². The number of carbonyl (C=O) groups excluding carboxylic acids is 1. The third-order valence-corrected chi connectivity index (χ3v) is 4.36. The Morgan fingerprint density at radius 2 is 1.79 bits per heavy atom. The zero-order valence-corrected chi connectivity index (χ0v) is 16.3. The van der Waals surface area contributed by atoms with E-state index in [1.165, 1.54) is 36.4 Å². The second-order valence-corrected chi connectivity index (χ2v) is 6.62. The van der Waals surface area contributed by atoms with Crippen molar-refractivity contribution in [2.24, 2.45) is 0 Å². The number of nitrogens with zero attached hydrogens (tertiary/aromatic N) is 2. The number of hydrogen-bond acceptors (Lipinski definition) is 4. The largest absolute Gasteiger partial charge is 0.463 e. The van der Waals surface area contributed by atoms with Crippen LogP contribution >= 0.6 is 0 Å². The van der Waals surface area contributed by atoms with E-state index < -0.39 is 11.9 Å². The molecule has 0 saturated heterocycles. The molecule has 3 aromatic rings. The van der Waals surface area contributed by atoms with Crippen molar-refractivity contribution in [3.63, 3.8) is 0 Å². The predicted molar refractivity (Wildman–Crippen MR) is 108 cm³/mol. The van der Waals surface area contributed by atoms with Crippen molar-refractivity contribution < 1.29 is 13.9 Å². The fraction of sp³-hybridized carbons (Fsp3) is 0.227. The van der Waals surface area contributed by atoms with Crippen molar-refractivity contribution in [1.82, 2.24) is 15.1 Å². The van der Waals surface area contributed by atoms with Gasteiger partial charge in [0.1, 0.15) is 5.82 Å². The van der Waals surface area contributed by atoms with Crippen LogP contribution in [-0.4, -0.2) is 21.8 Å². The number of hydrogen-bond donors (Lipinski definition) is 1. The maximum absolute atomic E-state index is 13.1. The lowest BCUT2D eigenvalue weighted by Crippen LogP contribution is -2.38. The molecule has 0 aliphatic carbocycles. The molecule has 150 valence electrons. The molecule has 7 heteroatoms. The molecule has 0 unspecified atom stereocenters. The van der Waals surface area contributed by atoms with Crippen molar-refractivity contribution in [2.45, 2.75) is 32.9 Å². The summed E-state index contributed by atoms with van der Waals surface area (Å²) in [4.78, 5) is 24.6. The predicted octanol–water partition coefficient (Wildman–Crippen LogP) is 3.15. The number of rotatable bonds is 7. The van der Waals surface area contributed by atoms with Crippen LogP contribution in [0.1, 0.15) is 24.5 Å². The Balaban J connectivity index is 1.70. The third-order valence-electron chi connectivity index (χ3n) is 4.36. The van der Waals surface area contributed by atoms with Crippen LogP contribution in [-0.2, 0) is 11.3 Å². The molecule has 29 heavy (non-hydrogen) atoms. The number of ether oxygens (including phenoxy) is 1. The molecule has 1 atom stereocenters. The van der Waals surface area contributed by atoms with Gasteiger partial charge in [-0.05, 0) is 43.2 Å². The summed E-state index contributed by atoms with van der Waals surface area (Å²) in [5, 5.41) is 7.00. The van der Waals surface area contributed by atoms with E-state index in [0.29, 0.717) is 18.7 Å². The number of benzene rings is 2. The van der Waals surface area contributed by atoms with Gasteiger partial charge < -0.3 is 10.1 Å².